The molecule has 0 bridgehead atoms. The predicted molar refractivity (Wildman–Crippen MR) is 122 cm³/mol. The van der Waals surface area contributed by atoms with Crippen LogP contribution in [0.5, 0.6) is 11.5 Å². The lowest BCUT2D eigenvalue weighted by Crippen LogP contribution is -2.28. The summed E-state index contributed by atoms with van der Waals surface area (Å²) in [6.07, 6.45) is 1.52. The van der Waals surface area contributed by atoms with E-state index in [1.54, 1.807) is 25.2 Å². The number of aryl methyl sites for hydroxylation is 2. The van der Waals surface area contributed by atoms with Crippen molar-refractivity contribution in [3.05, 3.63) is 82.7 Å². The molecule has 0 aliphatic carbocycles. The van der Waals surface area contributed by atoms with E-state index >= 15 is 0 Å². The standard InChI is InChI=1S/C24H26N4O4/c1-15-4-6-20(18(10-15)14-29)28-24(31)27-13-17-5-7-22(16(2)11-17)32-19-8-9-26-21(12-19)23(30)25-3/h4-12,29H,13-14H2,1-3H3,(H,25,30)(H2,27,28,31). The van der Waals surface area contributed by atoms with Crippen LogP contribution in [-0.2, 0) is 13.2 Å². The van der Waals surface area contributed by atoms with Gasteiger partial charge in [0, 0.05) is 37.1 Å². The van der Waals surface area contributed by atoms with E-state index in [1.165, 1.54) is 6.20 Å². The molecule has 4 N–H and O–H groups in total. The fourth-order valence-electron chi connectivity index (χ4n) is 3.11. The Hall–Kier alpha value is -3.91. The largest absolute Gasteiger partial charge is 0.457 e. The summed E-state index contributed by atoms with van der Waals surface area (Å²) in [6, 6.07) is 14.0. The van der Waals surface area contributed by atoms with Gasteiger partial charge in [-0.05, 0) is 43.2 Å². The van der Waals surface area contributed by atoms with Gasteiger partial charge in [-0.3, -0.25) is 9.78 Å². The van der Waals surface area contributed by atoms with E-state index in [4.69, 9.17) is 4.74 Å². The number of nitrogens with zero attached hydrogens (tertiary/aromatic N) is 1. The van der Waals surface area contributed by atoms with Gasteiger partial charge in [0.1, 0.15) is 17.2 Å². The number of pyridine rings is 1. The molecule has 1 heterocycles. The average Bonchev–Trinajstić information content (AvgIpc) is 2.80. The predicted octanol–water partition coefficient (Wildman–Crippen LogP) is 3.66. The van der Waals surface area contributed by atoms with Gasteiger partial charge in [-0.15, -0.1) is 0 Å². The molecule has 0 aliphatic heterocycles. The van der Waals surface area contributed by atoms with Crippen molar-refractivity contribution in [2.75, 3.05) is 12.4 Å². The third-order valence-electron chi connectivity index (χ3n) is 4.79. The van der Waals surface area contributed by atoms with Gasteiger partial charge in [0.15, 0.2) is 0 Å². The van der Waals surface area contributed by atoms with Gasteiger partial charge in [0.2, 0.25) is 0 Å². The molecule has 0 aliphatic rings. The van der Waals surface area contributed by atoms with Crippen molar-refractivity contribution in [3.8, 4) is 11.5 Å². The van der Waals surface area contributed by atoms with Crippen LogP contribution >= 0.6 is 0 Å². The molecule has 32 heavy (non-hydrogen) atoms. The molecule has 2 aromatic carbocycles. The maximum atomic E-state index is 12.3. The molecule has 8 nitrogen and oxygen atoms in total. The molecule has 3 rings (SSSR count). The first kappa shape index (κ1) is 22.8. The Morgan fingerprint density at radius 3 is 2.59 bits per heavy atom. The van der Waals surface area contributed by atoms with Crippen molar-refractivity contribution in [3.63, 3.8) is 0 Å². The number of hydrogen-bond donors (Lipinski definition) is 4. The van der Waals surface area contributed by atoms with Crippen molar-refractivity contribution < 1.29 is 19.4 Å². The van der Waals surface area contributed by atoms with Crippen molar-refractivity contribution in [2.45, 2.75) is 27.0 Å². The lowest BCUT2D eigenvalue weighted by molar-refractivity contribution is 0.0958. The monoisotopic (exact) mass is 434 g/mol. The van der Waals surface area contributed by atoms with E-state index in [0.29, 0.717) is 29.3 Å². The molecule has 0 unspecified atom stereocenters. The number of ether oxygens (including phenoxy) is 1. The summed E-state index contributed by atoms with van der Waals surface area (Å²) in [4.78, 5) is 28.0. The maximum absolute atomic E-state index is 12.3. The van der Waals surface area contributed by atoms with Gasteiger partial charge < -0.3 is 25.8 Å². The number of aromatic nitrogens is 1. The van der Waals surface area contributed by atoms with Gasteiger partial charge in [-0.25, -0.2) is 4.79 Å². The number of rotatable bonds is 7. The highest BCUT2D eigenvalue weighted by atomic mass is 16.5. The van der Waals surface area contributed by atoms with Crippen LogP contribution in [0.2, 0.25) is 0 Å². The summed E-state index contributed by atoms with van der Waals surface area (Å²) in [5, 5.41) is 17.6. The van der Waals surface area contributed by atoms with Crippen molar-refractivity contribution >= 4 is 17.6 Å². The smallest absolute Gasteiger partial charge is 0.319 e. The van der Waals surface area contributed by atoms with Crippen molar-refractivity contribution in [1.82, 2.24) is 15.6 Å². The Morgan fingerprint density at radius 2 is 1.88 bits per heavy atom. The van der Waals surface area contributed by atoms with Crippen LogP contribution in [-0.4, -0.2) is 29.1 Å². The van der Waals surface area contributed by atoms with Gasteiger partial charge in [0.25, 0.3) is 5.91 Å². The van der Waals surface area contributed by atoms with Crippen LogP contribution < -0.4 is 20.7 Å². The summed E-state index contributed by atoms with van der Waals surface area (Å²) in [7, 11) is 1.54. The molecule has 0 atom stereocenters. The van der Waals surface area contributed by atoms with E-state index in [9.17, 15) is 14.7 Å². The molecule has 8 heteroatoms. The van der Waals surface area contributed by atoms with E-state index < -0.39 is 0 Å². The zero-order valence-electron chi connectivity index (χ0n) is 18.2. The Kier molecular flexibility index (Phi) is 7.41. The van der Waals surface area contributed by atoms with E-state index in [0.717, 1.165) is 16.7 Å². The van der Waals surface area contributed by atoms with Crippen LogP contribution in [0.3, 0.4) is 0 Å². The lowest BCUT2D eigenvalue weighted by Gasteiger charge is -2.13. The number of amides is 3. The molecule has 0 radical (unpaired) electrons. The molecular formula is C24H26N4O4. The Balaban J connectivity index is 1.61. The third-order valence-corrected chi connectivity index (χ3v) is 4.79. The van der Waals surface area contributed by atoms with E-state index in [2.05, 4.69) is 20.9 Å². The molecule has 3 amide bonds. The number of nitrogens with one attached hydrogen (secondary N) is 3. The number of aliphatic hydroxyl groups excluding tert-OH is 1. The minimum absolute atomic E-state index is 0.153. The fraction of sp³-hybridized carbons (Fsp3) is 0.208. The molecule has 0 saturated carbocycles. The van der Waals surface area contributed by atoms with Crippen LogP contribution in [0.1, 0.15) is 32.7 Å². The molecule has 1 aromatic heterocycles. The number of benzene rings is 2. The van der Waals surface area contributed by atoms with Crippen LogP contribution in [0.15, 0.2) is 54.7 Å². The normalized spacial score (nSPS) is 10.4. The first-order chi connectivity index (χ1) is 15.4. The Morgan fingerprint density at radius 1 is 1.06 bits per heavy atom. The van der Waals surface area contributed by atoms with Crippen molar-refractivity contribution in [1.29, 1.82) is 0 Å². The third kappa shape index (κ3) is 5.83. The first-order valence-corrected chi connectivity index (χ1v) is 10.1. The second kappa shape index (κ2) is 10.4. The number of anilines is 1. The van der Waals surface area contributed by atoms with Crippen LogP contribution in [0.25, 0.3) is 0 Å². The topological polar surface area (TPSA) is 113 Å². The van der Waals surface area contributed by atoms with Gasteiger partial charge in [-0.1, -0.05) is 29.8 Å². The summed E-state index contributed by atoms with van der Waals surface area (Å²) < 4.78 is 5.90. The van der Waals surface area contributed by atoms with Crippen LogP contribution in [0, 0.1) is 13.8 Å². The molecule has 0 saturated heterocycles. The van der Waals surface area contributed by atoms with E-state index in [-0.39, 0.29) is 24.2 Å². The highest BCUT2D eigenvalue weighted by molar-refractivity contribution is 5.92. The van der Waals surface area contributed by atoms with Gasteiger partial charge >= 0.3 is 6.03 Å². The quantitative estimate of drug-likeness (QED) is 0.453. The van der Waals surface area contributed by atoms with Gasteiger partial charge in [0.05, 0.1) is 6.61 Å². The minimum Gasteiger partial charge on any atom is -0.457 e. The highest BCUT2D eigenvalue weighted by Gasteiger charge is 2.10. The average molecular weight is 434 g/mol. The molecular weight excluding hydrogens is 408 g/mol. The Bertz CT molecular complexity index is 1130. The first-order valence-electron chi connectivity index (χ1n) is 10.1. The molecule has 3 aromatic rings. The lowest BCUT2D eigenvalue weighted by atomic mass is 10.1. The maximum Gasteiger partial charge on any atom is 0.319 e. The minimum atomic E-state index is -0.361. The number of aliphatic hydroxyl groups is 1. The highest BCUT2D eigenvalue weighted by Crippen LogP contribution is 2.26. The number of carbonyl (C=O) groups excluding carboxylic acids is 2. The fourth-order valence-corrected chi connectivity index (χ4v) is 3.11. The Labute approximate surface area is 186 Å². The second-order valence-electron chi connectivity index (χ2n) is 7.28. The van der Waals surface area contributed by atoms with Crippen molar-refractivity contribution in [2.24, 2.45) is 0 Å². The number of hydrogen-bond acceptors (Lipinski definition) is 5. The SMILES string of the molecule is CNC(=O)c1cc(Oc2ccc(CNC(=O)Nc3ccc(C)cc3CO)cc2C)ccn1. The van der Waals surface area contributed by atoms with Crippen LogP contribution in [0.4, 0.5) is 10.5 Å². The second-order valence-corrected chi connectivity index (χ2v) is 7.28. The summed E-state index contributed by atoms with van der Waals surface area (Å²) in [5.74, 6) is 0.854. The summed E-state index contributed by atoms with van der Waals surface area (Å²) in [6.45, 7) is 4.00. The number of carbonyl (C=O) groups is 2. The summed E-state index contributed by atoms with van der Waals surface area (Å²) >= 11 is 0. The zero-order valence-corrected chi connectivity index (χ0v) is 18.2. The van der Waals surface area contributed by atoms with Gasteiger partial charge in [-0.2, -0.15) is 0 Å². The molecule has 166 valence electrons. The van der Waals surface area contributed by atoms with E-state index in [1.807, 2.05) is 44.2 Å². The zero-order chi connectivity index (χ0) is 23.1. The molecule has 0 fully saturated rings. The summed E-state index contributed by atoms with van der Waals surface area (Å²) in [5.41, 5.74) is 4.29. The number of urea groups is 1. The molecule has 0 spiro atoms.